The third-order valence-electron chi connectivity index (χ3n) is 1.78. The number of phenols is 1. The highest BCUT2D eigenvalue weighted by Gasteiger charge is 1.96. The average molecular weight is 170 g/mol. The summed E-state index contributed by atoms with van der Waals surface area (Å²) in [6.07, 6.45) is 3.43. The van der Waals surface area contributed by atoms with Crippen LogP contribution in [0.15, 0.2) is 42.7 Å². The van der Waals surface area contributed by atoms with E-state index in [-0.39, 0.29) is 5.75 Å². The van der Waals surface area contributed by atoms with Crippen LogP contribution in [0.1, 0.15) is 0 Å². The Hall–Kier alpha value is -1.83. The molecule has 0 amide bonds. The van der Waals surface area contributed by atoms with Crippen molar-refractivity contribution in [3.05, 3.63) is 48.8 Å². The Bertz CT molecular complexity index is 398. The molecule has 1 heterocycles. The van der Waals surface area contributed by atoms with Gasteiger partial charge in [-0.15, -0.1) is 0 Å². The Morgan fingerprint density at radius 2 is 1.92 bits per heavy atom. The SMILES string of the molecule is Oc1cc[c]c(-c2ccncc2)c1. The summed E-state index contributed by atoms with van der Waals surface area (Å²) in [5.41, 5.74) is 1.88. The summed E-state index contributed by atoms with van der Waals surface area (Å²) < 4.78 is 0. The second kappa shape index (κ2) is 3.27. The van der Waals surface area contributed by atoms with E-state index in [1.165, 1.54) is 0 Å². The van der Waals surface area contributed by atoms with Gasteiger partial charge in [0.05, 0.1) is 0 Å². The fourth-order valence-corrected chi connectivity index (χ4v) is 1.15. The number of hydrogen-bond donors (Lipinski definition) is 1. The third kappa shape index (κ3) is 1.67. The van der Waals surface area contributed by atoms with Crippen molar-refractivity contribution in [3.63, 3.8) is 0 Å². The lowest BCUT2D eigenvalue weighted by Gasteiger charge is -1.99. The maximum Gasteiger partial charge on any atom is 0.116 e. The van der Waals surface area contributed by atoms with E-state index in [2.05, 4.69) is 11.1 Å². The van der Waals surface area contributed by atoms with Gasteiger partial charge < -0.3 is 5.11 Å². The summed E-state index contributed by atoms with van der Waals surface area (Å²) in [5, 5.41) is 9.24. The average Bonchev–Trinajstić information content (AvgIpc) is 2.19. The van der Waals surface area contributed by atoms with E-state index >= 15 is 0 Å². The van der Waals surface area contributed by atoms with Crippen LogP contribution in [0.5, 0.6) is 5.75 Å². The van der Waals surface area contributed by atoms with Crippen molar-refractivity contribution in [2.45, 2.75) is 0 Å². The fourth-order valence-electron chi connectivity index (χ4n) is 1.15. The van der Waals surface area contributed by atoms with Gasteiger partial charge >= 0.3 is 0 Å². The van der Waals surface area contributed by atoms with Gasteiger partial charge in [0.2, 0.25) is 0 Å². The van der Waals surface area contributed by atoms with Gasteiger partial charge in [-0.1, -0.05) is 6.07 Å². The topological polar surface area (TPSA) is 33.1 Å². The highest BCUT2D eigenvalue weighted by molar-refractivity contribution is 5.63. The van der Waals surface area contributed by atoms with Crippen LogP contribution in [-0.4, -0.2) is 10.1 Å². The summed E-state index contributed by atoms with van der Waals surface area (Å²) in [7, 11) is 0. The van der Waals surface area contributed by atoms with Crippen molar-refractivity contribution in [3.8, 4) is 16.9 Å². The first kappa shape index (κ1) is 7.80. The predicted molar refractivity (Wildman–Crippen MR) is 50.2 cm³/mol. The smallest absolute Gasteiger partial charge is 0.116 e. The summed E-state index contributed by atoms with van der Waals surface area (Å²) in [6.45, 7) is 0. The number of aromatic hydroxyl groups is 1. The molecule has 1 aromatic carbocycles. The molecule has 0 bridgehead atoms. The first-order valence-electron chi connectivity index (χ1n) is 3.97. The molecule has 0 aliphatic heterocycles. The van der Waals surface area contributed by atoms with Crippen molar-refractivity contribution in [1.82, 2.24) is 4.98 Å². The standard InChI is InChI=1S/C11H8NO/c13-11-3-1-2-10(8-11)9-4-6-12-7-5-9/h1,3-8,13H. The lowest BCUT2D eigenvalue weighted by Crippen LogP contribution is -1.77. The molecular formula is C11H8NO. The number of aromatic nitrogens is 1. The van der Waals surface area contributed by atoms with Gasteiger partial charge in [0.25, 0.3) is 0 Å². The monoisotopic (exact) mass is 170 g/mol. The number of hydrogen-bond acceptors (Lipinski definition) is 2. The van der Waals surface area contributed by atoms with E-state index in [0.29, 0.717) is 0 Å². The van der Waals surface area contributed by atoms with Crippen LogP contribution >= 0.6 is 0 Å². The molecular weight excluding hydrogens is 162 g/mol. The Kier molecular flexibility index (Phi) is 1.96. The van der Waals surface area contributed by atoms with Crippen LogP contribution in [0.3, 0.4) is 0 Å². The van der Waals surface area contributed by atoms with Gasteiger partial charge in [-0.2, -0.15) is 0 Å². The molecule has 1 aromatic heterocycles. The molecule has 2 heteroatoms. The molecule has 0 saturated heterocycles. The molecule has 0 aliphatic rings. The van der Waals surface area contributed by atoms with E-state index in [1.54, 1.807) is 30.6 Å². The van der Waals surface area contributed by atoms with Crippen molar-refractivity contribution >= 4 is 0 Å². The highest BCUT2D eigenvalue weighted by atomic mass is 16.3. The van der Waals surface area contributed by atoms with Gasteiger partial charge in [-0.25, -0.2) is 0 Å². The number of pyridine rings is 1. The normalized spacial score (nSPS) is 9.85. The molecule has 2 nitrogen and oxygen atoms in total. The van der Waals surface area contributed by atoms with Crippen LogP contribution in [-0.2, 0) is 0 Å². The first-order chi connectivity index (χ1) is 6.36. The molecule has 63 valence electrons. The summed E-state index contributed by atoms with van der Waals surface area (Å²) in [4.78, 5) is 3.92. The summed E-state index contributed by atoms with van der Waals surface area (Å²) in [6, 6.07) is 11.8. The van der Waals surface area contributed by atoms with Gasteiger partial charge in [0, 0.05) is 12.4 Å². The van der Waals surface area contributed by atoms with Gasteiger partial charge in [-0.3, -0.25) is 4.98 Å². The van der Waals surface area contributed by atoms with Gasteiger partial charge in [0.15, 0.2) is 0 Å². The molecule has 1 N–H and O–H groups in total. The fraction of sp³-hybridized carbons (Fsp3) is 0. The van der Waals surface area contributed by atoms with Crippen molar-refractivity contribution in [1.29, 1.82) is 0 Å². The zero-order valence-electron chi connectivity index (χ0n) is 6.94. The summed E-state index contributed by atoms with van der Waals surface area (Å²) in [5.74, 6) is 0.255. The zero-order chi connectivity index (χ0) is 9.10. The minimum absolute atomic E-state index is 0.255. The summed E-state index contributed by atoms with van der Waals surface area (Å²) >= 11 is 0. The third-order valence-corrected chi connectivity index (χ3v) is 1.78. The molecule has 0 saturated carbocycles. The maximum absolute atomic E-state index is 9.24. The highest BCUT2D eigenvalue weighted by Crippen LogP contribution is 2.21. The minimum Gasteiger partial charge on any atom is -0.508 e. The number of phenolic OH excluding ortho intramolecular Hbond substituents is 1. The van der Waals surface area contributed by atoms with E-state index < -0.39 is 0 Å². The minimum atomic E-state index is 0.255. The van der Waals surface area contributed by atoms with E-state index in [0.717, 1.165) is 11.1 Å². The zero-order valence-corrected chi connectivity index (χ0v) is 6.94. The van der Waals surface area contributed by atoms with Crippen LogP contribution in [0.2, 0.25) is 0 Å². The lowest BCUT2D eigenvalue weighted by atomic mass is 10.1. The second-order valence-electron chi connectivity index (χ2n) is 2.70. The molecule has 0 unspecified atom stereocenters. The molecule has 0 atom stereocenters. The largest absolute Gasteiger partial charge is 0.508 e. The molecule has 13 heavy (non-hydrogen) atoms. The molecule has 0 spiro atoms. The van der Waals surface area contributed by atoms with Crippen LogP contribution in [0, 0.1) is 6.07 Å². The van der Waals surface area contributed by atoms with Gasteiger partial charge in [-0.05, 0) is 41.5 Å². The number of nitrogens with zero attached hydrogens (tertiary/aromatic N) is 1. The van der Waals surface area contributed by atoms with Crippen LogP contribution in [0.25, 0.3) is 11.1 Å². The number of benzene rings is 1. The van der Waals surface area contributed by atoms with Crippen molar-refractivity contribution in [2.75, 3.05) is 0 Å². The van der Waals surface area contributed by atoms with Crippen LogP contribution in [0.4, 0.5) is 0 Å². The lowest BCUT2D eigenvalue weighted by molar-refractivity contribution is 0.475. The van der Waals surface area contributed by atoms with E-state index in [4.69, 9.17) is 0 Å². The molecule has 0 aliphatic carbocycles. The first-order valence-corrected chi connectivity index (χ1v) is 3.97. The predicted octanol–water partition coefficient (Wildman–Crippen LogP) is 2.25. The van der Waals surface area contributed by atoms with Crippen molar-refractivity contribution in [2.24, 2.45) is 0 Å². The Morgan fingerprint density at radius 3 is 2.62 bits per heavy atom. The Balaban J connectivity index is 2.48. The van der Waals surface area contributed by atoms with Crippen molar-refractivity contribution < 1.29 is 5.11 Å². The van der Waals surface area contributed by atoms with E-state index in [1.807, 2.05) is 12.1 Å². The van der Waals surface area contributed by atoms with Gasteiger partial charge in [0.1, 0.15) is 5.75 Å². The molecule has 0 fully saturated rings. The van der Waals surface area contributed by atoms with Crippen LogP contribution < -0.4 is 0 Å². The quantitative estimate of drug-likeness (QED) is 0.712. The molecule has 2 aromatic rings. The number of rotatable bonds is 1. The van der Waals surface area contributed by atoms with E-state index in [9.17, 15) is 5.11 Å². The second-order valence-corrected chi connectivity index (χ2v) is 2.70. The Morgan fingerprint density at radius 1 is 1.15 bits per heavy atom. The molecule has 2 rings (SSSR count). The molecule has 1 radical (unpaired) electrons. The maximum atomic E-state index is 9.24. The Labute approximate surface area is 76.5 Å².